The molecule has 124 valence electrons. The van der Waals surface area contributed by atoms with Gasteiger partial charge in [0.1, 0.15) is 18.1 Å². The van der Waals surface area contributed by atoms with Gasteiger partial charge in [0.05, 0.1) is 18.5 Å². The Bertz CT molecular complexity index is 946. The number of aromatic nitrogens is 4. The fourth-order valence-electron chi connectivity index (χ4n) is 2.25. The Balaban J connectivity index is 2.04. The highest BCUT2D eigenvalue weighted by Crippen LogP contribution is 2.30. The molecule has 3 aromatic rings. The van der Waals surface area contributed by atoms with Gasteiger partial charge in [-0.3, -0.25) is 9.59 Å². The zero-order valence-electron chi connectivity index (χ0n) is 12.8. The van der Waals surface area contributed by atoms with E-state index in [4.69, 9.17) is 9.84 Å². The first-order chi connectivity index (χ1) is 11.6. The fraction of sp³-hybridized carbons (Fsp3) is 0.200. The predicted octanol–water partition coefficient (Wildman–Crippen LogP) is 1.21. The maximum absolute atomic E-state index is 12.1. The summed E-state index contributed by atoms with van der Waals surface area (Å²) in [6, 6.07) is 5.05. The van der Waals surface area contributed by atoms with Crippen molar-refractivity contribution in [1.82, 2.24) is 19.9 Å². The number of aliphatic carboxylic acids is 1. The van der Waals surface area contributed by atoms with Crippen molar-refractivity contribution in [2.45, 2.75) is 6.92 Å². The minimum atomic E-state index is -0.966. The maximum Gasteiger partial charge on any atom is 0.322 e. The van der Waals surface area contributed by atoms with E-state index in [1.54, 1.807) is 18.2 Å². The largest absolute Gasteiger partial charge is 0.493 e. The molecule has 1 aromatic carbocycles. The molecule has 24 heavy (non-hydrogen) atoms. The van der Waals surface area contributed by atoms with E-state index in [2.05, 4.69) is 25.3 Å². The van der Waals surface area contributed by atoms with Crippen molar-refractivity contribution in [3.05, 3.63) is 34.9 Å². The number of H-pyrrole nitrogens is 2. The second-order valence-electron chi connectivity index (χ2n) is 4.91. The highest BCUT2D eigenvalue weighted by Gasteiger charge is 2.13. The highest BCUT2D eigenvalue weighted by atomic mass is 16.5. The van der Waals surface area contributed by atoms with E-state index in [9.17, 15) is 9.59 Å². The number of nitrogens with zero attached hydrogens (tertiary/aromatic N) is 2. The lowest BCUT2D eigenvalue weighted by atomic mass is 10.1. The lowest BCUT2D eigenvalue weighted by molar-refractivity contribution is -0.134. The molecule has 2 aromatic heterocycles. The minimum Gasteiger partial charge on any atom is -0.493 e. The number of rotatable bonds is 6. The van der Waals surface area contributed by atoms with Crippen LogP contribution in [-0.4, -0.2) is 44.2 Å². The number of benzene rings is 1. The Morgan fingerprint density at radius 2 is 2.25 bits per heavy atom. The summed E-state index contributed by atoms with van der Waals surface area (Å²) in [4.78, 5) is 36.5. The number of imidazole rings is 1. The van der Waals surface area contributed by atoms with Crippen LogP contribution in [0.3, 0.4) is 0 Å². The molecule has 2 heterocycles. The topological polar surface area (TPSA) is 133 Å². The molecule has 0 unspecified atom stereocenters. The SMILES string of the molecule is CCOc1cc(NCC(=O)O)ccc1-c1nc2nc[nH]c2c(=O)[nH]1. The summed E-state index contributed by atoms with van der Waals surface area (Å²) in [6.45, 7) is 2.03. The molecule has 0 saturated heterocycles. The fourth-order valence-corrected chi connectivity index (χ4v) is 2.25. The number of anilines is 1. The van der Waals surface area contributed by atoms with Gasteiger partial charge in [0.2, 0.25) is 0 Å². The van der Waals surface area contributed by atoms with E-state index in [1.807, 2.05) is 6.92 Å². The second kappa shape index (κ2) is 6.41. The molecule has 0 amide bonds. The van der Waals surface area contributed by atoms with Crippen LogP contribution in [0.15, 0.2) is 29.3 Å². The Labute approximate surface area is 135 Å². The maximum atomic E-state index is 12.1. The van der Waals surface area contributed by atoms with E-state index in [-0.39, 0.29) is 12.1 Å². The Hall–Kier alpha value is -3.36. The first-order valence-electron chi connectivity index (χ1n) is 7.24. The van der Waals surface area contributed by atoms with Crippen molar-refractivity contribution >= 4 is 22.8 Å². The van der Waals surface area contributed by atoms with Crippen molar-refractivity contribution < 1.29 is 14.6 Å². The van der Waals surface area contributed by atoms with Crippen LogP contribution in [0, 0.1) is 0 Å². The number of carboxylic acids is 1. The van der Waals surface area contributed by atoms with Crippen LogP contribution in [0.5, 0.6) is 5.75 Å². The molecule has 0 aliphatic heterocycles. The molecular formula is C15H15N5O4. The normalized spacial score (nSPS) is 10.7. The highest BCUT2D eigenvalue weighted by molar-refractivity contribution is 5.76. The summed E-state index contributed by atoms with van der Waals surface area (Å²) in [7, 11) is 0. The monoisotopic (exact) mass is 329 g/mol. The Morgan fingerprint density at radius 3 is 3.00 bits per heavy atom. The van der Waals surface area contributed by atoms with E-state index in [0.717, 1.165) is 0 Å². The average molecular weight is 329 g/mol. The third-order valence-corrected chi connectivity index (χ3v) is 3.28. The number of carbonyl (C=O) groups is 1. The molecular weight excluding hydrogens is 314 g/mol. The molecule has 0 fully saturated rings. The molecule has 3 rings (SSSR count). The minimum absolute atomic E-state index is 0.209. The zero-order valence-corrected chi connectivity index (χ0v) is 12.8. The van der Waals surface area contributed by atoms with Crippen LogP contribution in [0.25, 0.3) is 22.6 Å². The number of aromatic amines is 2. The quantitative estimate of drug-likeness (QED) is 0.534. The molecule has 0 aliphatic carbocycles. The van der Waals surface area contributed by atoms with Crippen LogP contribution in [0.2, 0.25) is 0 Å². The van der Waals surface area contributed by atoms with Gasteiger partial charge < -0.3 is 25.1 Å². The van der Waals surface area contributed by atoms with Gasteiger partial charge in [-0.1, -0.05) is 0 Å². The van der Waals surface area contributed by atoms with Crippen LogP contribution in [-0.2, 0) is 4.79 Å². The van der Waals surface area contributed by atoms with Crippen molar-refractivity contribution in [3.8, 4) is 17.1 Å². The molecule has 9 nitrogen and oxygen atoms in total. The third kappa shape index (κ3) is 3.05. The molecule has 0 spiro atoms. The average Bonchev–Trinajstić information content (AvgIpc) is 3.02. The molecule has 0 radical (unpaired) electrons. The summed E-state index contributed by atoms with van der Waals surface area (Å²) in [5.74, 6) is -0.161. The summed E-state index contributed by atoms with van der Waals surface area (Å²) in [6.07, 6.45) is 1.40. The van der Waals surface area contributed by atoms with Gasteiger partial charge in [0.25, 0.3) is 5.56 Å². The van der Waals surface area contributed by atoms with Crippen molar-refractivity contribution in [3.63, 3.8) is 0 Å². The number of hydrogen-bond donors (Lipinski definition) is 4. The lowest BCUT2D eigenvalue weighted by Crippen LogP contribution is -2.13. The van der Waals surface area contributed by atoms with Crippen LogP contribution >= 0.6 is 0 Å². The van der Waals surface area contributed by atoms with Gasteiger partial charge >= 0.3 is 5.97 Å². The van der Waals surface area contributed by atoms with Crippen molar-refractivity contribution in [2.24, 2.45) is 0 Å². The summed E-state index contributed by atoms with van der Waals surface area (Å²) >= 11 is 0. The molecule has 0 aliphatic rings. The van der Waals surface area contributed by atoms with Crippen LogP contribution in [0.4, 0.5) is 5.69 Å². The first-order valence-corrected chi connectivity index (χ1v) is 7.24. The van der Waals surface area contributed by atoms with Gasteiger partial charge in [-0.25, -0.2) is 9.97 Å². The van der Waals surface area contributed by atoms with Crippen LogP contribution < -0.4 is 15.6 Å². The van der Waals surface area contributed by atoms with Gasteiger partial charge in [0.15, 0.2) is 11.2 Å². The lowest BCUT2D eigenvalue weighted by Gasteiger charge is -2.12. The van der Waals surface area contributed by atoms with E-state index in [1.165, 1.54) is 6.33 Å². The molecule has 9 heteroatoms. The van der Waals surface area contributed by atoms with E-state index < -0.39 is 5.97 Å². The second-order valence-corrected chi connectivity index (χ2v) is 4.91. The summed E-state index contributed by atoms with van der Waals surface area (Å²) in [5, 5.41) is 11.5. The van der Waals surface area contributed by atoms with Gasteiger partial charge in [-0.15, -0.1) is 0 Å². The zero-order chi connectivity index (χ0) is 17.1. The molecule has 4 N–H and O–H groups in total. The smallest absolute Gasteiger partial charge is 0.322 e. The van der Waals surface area contributed by atoms with Crippen LogP contribution in [0.1, 0.15) is 6.92 Å². The van der Waals surface area contributed by atoms with Crippen molar-refractivity contribution in [2.75, 3.05) is 18.5 Å². The number of nitrogens with one attached hydrogen (secondary N) is 3. The number of ether oxygens (including phenoxy) is 1. The predicted molar refractivity (Wildman–Crippen MR) is 87.2 cm³/mol. The number of hydrogen-bond acceptors (Lipinski definition) is 6. The third-order valence-electron chi connectivity index (χ3n) is 3.28. The Morgan fingerprint density at radius 1 is 1.42 bits per heavy atom. The van der Waals surface area contributed by atoms with Gasteiger partial charge in [-0.05, 0) is 19.1 Å². The number of fused-ring (bicyclic) bond motifs is 1. The van der Waals surface area contributed by atoms with Crippen molar-refractivity contribution in [1.29, 1.82) is 0 Å². The van der Waals surface area contributed by atoms with Gasteiger partial charge in [-0.2, -0.15) is 0 Å². The summed E-state index contributed by atoms with van der Waals surface area (Å²) < 4.78 is 5.59. The summed E-state index contributed by atoms with van der Waals surface area (Å²) in [5.41, 5.74) is 1.45. The number of carboxylic acid groups (broad SMARTS) is 1. The first kappa shape index (κ1) is 15.5. The molecule has 0 atom stereocenters. The molecule has 0 saturated carbocycles. The standard InChI is InChI=1S/C15H15N5O4/c1-2-24-10-5-8(16-6-11(21)22)3-4-9(10)13-19-14-12(15(23)20-13)17-7-18-14/h3-5,7,16H,2,6H2,1H3,(H,21,22)(H2,17,18,19,20,23). The molecule has 0 bridgehead atoms. The van der Waals surface area contributed by atoms with Gasteiger partial charge in [0, 0.05) is 11.8 Å². The van der Waals surface area contributed by atoms with E-state index in [0.29, 0.717) is 40.6 Å². The van der Waals surface area contributed by atoms with E-state index >= 15 is 0 Å². The Kier molecular flexibility index (Phi) is 4.15.